The molecule has 0 spiro atoms. The molecular formula is C23H24N4O2. The second-order valence-corrected chi connectivity index (χ2v) is 8.85. The molecular weight excluding hydrogens is 364 g/mol. The molecule has 1 aliphatic carbocycles. The molecule has 6 nitrogen and oxygen atoms in total. The van der Waals surface area contributed by atoms with Crippen LogP contribution < -0.4 is 5.56 Å². The number of aromatic nitrogens is 3. The van der Waals surface area contributed by atoms with Crippen molar-refractivity contribution in [2.24, 2.45) is 5.92 Å². The predicted octanol–water partition coefficient (Wildman–Crippen LogP) is 3.40. The lowest BCUT2D eigenvalue weighted by atomic mass is 9.82. The Morgan fingerprint density at radius 3 is 2.83 bits per heavy atom. The Kier molecular flexibility index (Phi) is 3.94. The molecule has 6 heteroatoms. The van der Waals surface area contributed by atoms with Gasteiger partial charge in [-0.05, 0) is 42.9 Å². The van der Waals surface area contributed by atoms with Gasteiger partial charge in [-0.15, -0.1) is 0 Å². The molecule has 29 heavy (non-hydrogen) atoms. The van der Waals surface area contributed by atoms with E-state index in [4.69, 9.17) is 4.52 Å². The van der Waals surface area contributed by atoms with Crippen molar-refractivity contribution in [3.63, 3.8) is 0 Å². The minimum Gasteiger partial charge on any atom is -0.361 e. The molecule has 0 aromatic carbocycles. The van der Waals surface area contributed by atoms with Crippen molar-refractivity contribution in [1.29, 1.82) is 0 Å². The third-order valence-electron chi connectivity index (χ3n) is 6.57. The van der Waals surface area contributed by atoms with Crippen LogP contribution in [0.25, 0.3) is 11.1 Å². The van der Waals surface area contributed by atoms with Crippen LogP contribution in [0, 0.1) is 5.92 Å². The fourth-order valence-electron chi connectivity index (χ4n) is 5.08. The van der Waals surface area contributed by atoms with E-state index < -0.39 is 0 Å². The molecule has 3 aromatic heterocycles. The normalized spacial score (nSPS) is 23.7. The van der Waals surface area contributed by atoms with Crippen LogP contribution in [0.5, 0.6) is 0 Å². The second-order valence-electron chi connectivity index (χ2n) is 8.85. The first-order valence-electron chi connectivity index (χ1n) is 10.6. The summed E-state index contributed by atoms with van der Waals surface area (Å²) in [5.74, 6) is 2.54. The van der Waals surface area contributed by atoms with E-state index in [1.165, 1.54) is 12.8 Å². The number of likely N-dealkylation sites (tertiary alicyclic amines) is 1. The summed E-state index contributed by atoms with van der Waals surface area (Å²) in [6.45, 7) is 3.60. The first kappa shape index (κ1) is 17.2. The average molecular weight is 388 g/mol. The number of piperidine rings is 1. The minimum absolute atomic E-state index is 0.107. The molecule has 148 valence electrons. The molecule has 6 rings (SSSR count). The summed E-state index contributed by atoms with van der Waals surface area (Å²) in [5, 5.41) is 4.30. The Morgan fingerprint density at radius 2 is 2.00 bits per heavy atom. The van der Waals surface area contributed by atoms with Gasteiger partial charge in [0.2, 0.25) is 0 Å². The van der Waals surface area contributed by atoms with Gasteiger partial charge in [-0.1, -0.05) is 11.2 Å². The molecule has 0 amide bonds. The van der Waals surface area contributed by atoms with Crippen LogP contribution in [0.15, 0.2) is 52.0 Å². The maximum Gasteiger partial charge on any atom is 0.251 e. The molecule has 0 unspecified atom stereocenters. The number of fused-ring (bicyclic) bond motifs is 4. The Morgan fingerprint density at radius 1 is 1.07 bits per heavy atom. The maximum absolute atomic E-state index is 12.8. The molecule has 1 saturated carbocycles. The Hall–Kier alpha value is -2.73. The van der Waals surface area contributed by atoms with Gasteiger partial charge in [-0.2, -0.15) is 0 Å². The Labute approximate surface area is 169 Å². The van der Waals surface area contributed by atoms with Crippen LogP contribution >= 0.6 is 0 Å². The summed E-state index contributed by atoms with van der Waals surface area (Å²) in [6.07, 6.45) is 7.20. The number of hydrogen-bond donors (Lipinski definition) is 0. The Bertz CT molecular complexity index is 1100. The van der Waals surface area contributed by atoms with Gasteiger partial charge < -0.3 is 9.09 Å². The number of nitrogens with zero attached hydrogens (tertiary/aromatic N) is 4. The van der Waals surface area contributed by atoms with Crippen molar-refractivity contribution in [3.8, 4) is 11.1 Å². The summed E-state index contributed by atoms with van der Waals surface area (Å²) in [4.78, 5) is 19.5. The van der Waals surface area contributed by atoms with Crippen molar-refractivity contribution in [1.82, 2.24) is 19.6 Å². The number of rotatable bonds is 4. The van der Waals surface area contributed by atoms with Gasteiger partial charge in [0.05, 0.1) is 5.69 Å². The van der Waals surface area contributed by atoms with Gasteiger partial charge in [-0.25, -0.2) is 0 Å². The molecule has 0 N–H and O–H groups in total. The fraction of sp³-hybridized carbons (Fsp3) is 0.435. The zero-order valence-electron chi connectivity index (χ0n) is 16.3. The largest absolute Gasteiger partial charge is 0.361 e. The highest BCUT2D eigenvalue weighted by molar-refractivity contribution is 5.62. The van der Waals surface area contributed by atoms with Crippen LogP contribution in [0.1, 0.15) is 48.2 Å². The van der Waals surface area contributed by atoms with E-state index in [0.29, 0.717) is 17.8 Å². The van der Waals surface area contributed by atoms with Crippen molar-refractivity contribution >= 4 is 0 Å². The monoisotopic (exact) mass is 388 g/mol. The summed E-state index contributed by atoms with van der Waals surface area (Å²) >= 11 is 0. The van der Waals surface area contributed by atoms with E-state index in [9.17, 15) is 4.79 Å². The lowest BCUT2D eigenvalue weighted by molar-refractivity contribution is 0.112. The first-order valence-corrected chi connectivity index (χ1v) is 10.6. The van der Waals surface area contributed by atoms with Crippen molar-refractivity contribution in [2.45, 2.75) is 44.2 Å². The smallest absolute Gasteiger partial charge is 0.251 e. The lowest BCUT2D eigenvalue weighted by Gasteiger charge is -2.42. The van der Waals surface area contributed by atoms with Gasteiger partial charge in [0.1, 0.15) is 5.76 Å². The molecule has 3 aromatic rings. The standard InChI is InChI=1S/C23H24N4O2/c28-23-8-18(17-2-1-5-24-10-17)7-21-19-6-15(12-27(21)23)11-26(13-19)14-20-9-22(29-25-20)16-3-4-16/h1-2,5,7-10,15-16,19H,3-4,6,11-14H2/t15-,19+/m0/s1. The zero-order valence-corrected chi connectivity index (χ0v) is 16.3. The van der Waals surface area contributed by atoms with Crippen LogP contribution in [0.4, 0.5) is 0 Å². The minimum atomic E-state index is 0.107. The highest BCUT2D eigenvalue weighted by atomic mass is 16.5. The van der Waals surface area contributed by atoms with E-state index in [1.807, 2.05) is 22.9 Å². The van der Waals surface area contributed by atoms with E-state index in [-0.39, 0.29) is 5.56 Å². The van der Waals surface area contributed by atoms with Crippen molar-refractivity contribution in [2.75, 3.05) is 13.1 Å². The molecule has 2 aliphatic heterocycles. The lowest BCUT2D eigenvalue weighted by Crippen LogP contribution is -2.46. The van der Waals surface area contributed by atoms with Crippen molar-refractivity contribution in [3.05, 3.63) is 70.2 Å². The van der Waals surface area contributed by atoms with Gasteiger partial charge in [0.25, 0.3) is 5.56 Å². The van der Waals surface area contributed by atoms with E-state index in [1.54, 1.807) is 12.3 Å². The van der Waals surface area contributed by atoms with Crippen LogP contribution in [0.2, 0.25) is 0 Å². The molecule has 0 radical (unpaired) electrons. The summed E-state index contributed by atoms with van der Waals surface area (Å²) in [5.41, 5.74) is 4.27. The topological polar surface area (TPSA) is 64.2 Å². The molecule has 2 atom stereocenters. The zero-order chi connectivity index (χ0) is 19.4. The summed E-state index contributed by atoms with van der Waals surface area (Å²) in [6, 6.07) is 10.0. The Balaban J connectivity index is 1.27. The molecule has 5 heterocycles. The van der Waals surface area contributed by atoms with Gasteiger partial charge in [0.15, 0.2) is 0 Å². The van der Waals surface area contributed by atoms with E-state index in [2.05, 4.69) is 27.2 Å². The highest BCUT2D eigenvalue weighted by Gasteiger charge is 2.35. The third kappa shape index (κ3) is 3.21. The van der Waals surface area contributed by atoms with Gasteiger partial charge in [0, 0.05) is 73.8 Å². The fourth-order valence-corrected chi connectivity index (χ4v) is 5.08. The van der Waals surface area contributed by atoms with E-state index in [0.717, 1.165) is 60.9 Å². The van der Waals surface area contributed by atoms with E-state index >= 15 is 0 Å². The second kappa shape index (κ2) is 6.66. The third-order valence-corrected chi connectivity index (χ3v) is 6.57. The maximum atomic E-state index is 12.8. The first-order chi connectivity index (χ1) is 14.2. The van der Waals surface area contributed by atoms with Crippen molar-refractivity contribution < 1.29 is 4.52 Å². The van der Waals surface area contributed by atoms with Crippen LogP contribution in [0.3, 0.4) is 0 Å². The quantitative estimate of drug-likeness (QED) is 0.685. The highest BCUT2D eigenvalue weighted by Crippen LogP contribution is 2.41. The average Bonchev–Trinajstić information content (AvgIpc) is 3.49. The number of hydrogen-bond acceptors (Lipinski definition) is 5. The van der Waals surface area contributed by atoms with Crippen LogP contribution in [-0.4, -0.2) is 32.7 Å². The van der Waals surface area contributed by atoms with Gasteiger partial charge in [-0.3, -0.25) is 14.7 Å². The molecule has 3 aliphatic rings. The molecule has 2 fully saturated rings. The number of pyridine rings is 2. The molecule has 1 saturated heterocycles. The van der Waals surface area contributed by atoms with Crippen LogP contribution in [-0.2, 0) is 13.1 Å². The summed E-state index contributed by atoms with van der Waals surface area (Å²) in [7, 11) is 0. The predicted molar refractivity (Wildman–Crippen MR) is 109 cm³/mol. The summed E-state index contributed by atoms with van der Waals surface area (Å²) < 4.78 is 7.53. The SMILES string of the molecule is O=c1cc(-c2cccnc2)cc2n1C[C@H]1C[C@@H]2CN(Cc2cc(C3CC3)on2)C1. The molecule has 2 bridgehead atoms. The van der Waals surface area contributed by atoms with Gasteiger partial charge >= 0.3 is 0 Å².